The van der Waals surface area contributed by atoms with Gasteiger partial charge in [-0.1, -0.05) is 25.1 Å². The van der Waals surface area contributed by atoms with Crippen molar-refractivity contribution in [3.05, 3.63) is 65.4 Å². The van der Waals surface area contributed by atoms with Crippen LogP contribution in [0.4, 0.5) is 5.69 Å². The molecule has 0 spiro atoms. The molecule has 0 radical (unpaired) electrons. The third-order valence-electron chi connectivity index (χ3n) is 4.00. The largest absolute Gasteiger partial charge is 0.511 e. The highest BCUT2D eigenvalue weighted by Crippen LogP contribution is 2.32. The van der Waals surface area contributed by atoms with Gasteiger partial charge in [-0.3, -0.25) is 4.99 Å². The minimum Gasteiger partial charge on any atom is -0.511 e. The van der Waals surface area contributed by atoms with Gasteiger partial charge in [-0.25, -0.2) is 9.59 Å². The van der Waals surface area contributed by atoms with Crippen LogP contribution in [0.1, 0.15) is 37.0 Å². The summed E-state index contributed by atoms with van der Waals surface area (Å²) in [6, 6.07) is 13.3. The van der Waals surface area contributed by atoms with Crippen molar-refractivity contribution in [2.24, 2.45) is 4.99 Å². The van der Waals surface area contributed by atoms with Crippen molar-refractivity contribution in [1.82, 2.24) is 0 Å². The molecule has 7 heteroatoms. The summed E-state index contributed by atoms with van der Waals surface area (Å²) < 4.78 is 15.7. The van der Waals surface area contributed by atoms with Crippen LogP contribution in [0, 0.1) is 0 Å². The summed E-state index contributed by atoms with van der Waals surface area (Å²) in [6.45, 7) is 3.75. The Bertz CT molecular complexity index is 934. The molecular weight excluding hydrogens is 386 g/mol. The summed E-state index contributed by atoms with van der Waals surface area (Å²) in [7, 11) is 1.45. The van der Waals surface area contributed by atoms with E-state index in [1.165, 1.54) is 19.4 Å². The summed E-state index contributed by atoms with van der Waals surface area (Å²) >= 11 is 0. The lowest BCUT2D eigenvalue weighted by Crippen LogP contribution is -2.11. The molecule has 0 fully saturated rings. The smallest absolute Gasteiger partial charge is 0.343 e. The number of hydrogen-bond donors (Lipinski definition) is 1. The number of ether oxygens (including phenoxy) is 3. The second-order valence-electron chi connectivity index (χ2n) is 6.18. The Morgan fingerprint density at radius 2 is 1.83 bits per heavy atom. The number of aliphatic hydroxyl groups excluding tert-OH is 1. The van der Waals surface area contributed by atoms with Crippen molar-refractivity contribution < 1.29 is 28.9 Å². The van der Waals surface area contributed by atoms with E-state index in [9.17, 15) is 14.7 Å². The zero-order valence-corrected chi connectivity index (χ0v) is 17.3. The lowest BCUT2D eigenvalue weighted by Gasteiger charge is -2.09. The second-order valence-corrected chi connectivity index (χ2v) is 6.18. The van der Waals surface area contributed by atoms with E-state index >= 15 is 0 Å². The molecule has 0 heterocycles. The highest BCUT2D eigenvalue weighted by molar-refractivity contribution is 6.10. The van der Waals surface area contributed by atoms with E-state index in [0.717, 1.165) is 0 Å². The minimum atomic E-state index is -0.653. The number of aliphatic imine (C=N–C) groups is 1. The predicted molar refractivity (Wildman–Crippen MR) is 114 cm³/mol. The molecule has 0 bridgehead atoms. The summed E-state index contributed by atoms with van der Waals surface area (Å²) in [5.41, 5.74) is 0.803. The fraction of sp³-hybridized carbons (Fsp3) is 0.261. The summed E-state index contributed by atoms with van der Waals surface area (Å²) in [5.74, 6) is -0.616. The van der Waals surface area contributed by atoms with Crippen LogP contribution in [0.15, 0.2) is 64.9 Å². The van der Waals surface area contributed by atoms with E-state index in [1.807, 2.05) is 13.0 Å². The van der Waals surface area contributed by atoms with Gasteiger partial charge in [-0.15, -0.1) is 0 Å². The molecule has 0 aliphatic rings. The highest BCUT2D eigenvalue weighted by atomic mass is 16.5. The molecule has 2 rings (SSSR count). The molecular formula is C23H25NO6. The molecule has 0 saturated carbocycles. The van der Waals surface area contributed by atoms with E-state index in [0.29, 0.717) is 29.8 Å². The summed E-state index contributed by atoms with van der Waals surface area (Å²) in [4.78, 5) is 28.6. The Kier molecular flexibility index (Phi) is 8.62. The number of aliphatic hydroxyl groups is 1. The number of nitrogens with zero attached hydrogens (tertiary/aromatic N) is 1. The fourth-order valence-electron chi connectivity index (χ4n) is 2.53. The number of rotatable bonds is 9. The molecule has 0 aromatic heterocycles. The monoisotopic (exact) mass is 411 g/mol. The average Bonchev–Trinajstić information content (AvgIpc) is 2.75. The number of carbonyl (C=O) groups excluding carboxylic acids is 2. The standard InChI is InChI=1S/C23H25NO6/c1-4-9-20(25)18(23(27)29-5-2)15-24-19-13-12-17(14-21(19)28-3)30-22(26)16-10-7-6-8-11-16/h6-8,10-15,25H,4-5,9H2,1-3H3/b20-18-,24-15?. The first-order valence-electron chi connectivity index (χ1n) is 9.58. The quantitative estimate of drug-likeness (QED) is 0.210. The first-order chi connectivity index (χ1) is 14.5. The van der Waals surface area contributed by atoms with E-state index < -0.39 is 11.9 Å². The normalized spacial score (nSPS) is 11.7. The average molecular weight is 411 g/mol. The van der Waals surface area contributed by atoms with Gasteiger partial charge in [0.05, 0.1) is 19.3 Å². The molecule has 158 valence electrons. The third kappa shape index (κ3) is 6.20. The van der Waals surface area contributed by atoms with Crippen molar-refractivity contribution in [2.75, 3.05) is 13.7 Å². The van der Waals surface area contributed by atoms with Gasteiger partial charge in [0.2, 0.25) is 0 Å². The van der Waals surface area contributed by atoms with Crippen molar-refractivity contribution in [3.8, 4) is 11.5 Å². The zero-order chi connectivity index (χ0) is 21.9. The van der Waals surface area contributed by atoms with Gasteiger partial charge >= 0.3 is 11.9 Å². The predicted octanol–water partition coefficient (Wildman–Crippen LogP) is 4.79. The molecule has 7 nitrogen and oxygen atoms in total. The fourth-order valence-corrected chi connectivity index (χ4v) is 2.53. The number of carbonyl (C=O) groups is 2. The van der Waals surface area contributed by atoms with Crippen molar-refractivity contribution in [3.63, 3.8) is 0 Å². The van der Waals surface area contributed by atoms with Crippen LogP contribution in [0.5, 0.6) is 11.5 Å². The Morgan fingerprint density at radius 3 is 2.47 bits per heavy atom. The van der Waals surface area contributed by atoms with Crippen LogP contribution in [0.2, 0.25) is 0 Å². The maximum absolute atomic E-state index is 12.2. The zero-order valence-electron chi connectivity index (χ0n) is 17.3. The molecule has 0 amide bonds. The maximum atomic E-state index is 12.2. The molecule has 2 aromatic carbocycles. The van der Waals surface area contributed by atoms with Gasteiger partial charge in [0, 0.05) is 18.7 Å². The molecule has 0 atom stereocenters. The van der Waals surface area contributed by atoms with E-state index in [2.05, 4.69) is 4.99 Å². The number of esters is 2. The first-order valence-corrected chi connectivity index (χ1v) is 9.58. The lowest BCUT2D eigenvalue weighted by molar-refractivity contribution is -0.138. The summed E-state index contributed by atoms with van der Waals surface area (Å²) in [5, 5.41) is 10.2. The minimum absolute atomic E-state index is 0.0136. The number of methoxy groups -OCH3 is 1. The summed E-state index contributed by atoms with van der Waals surface area (Å²) in [6.07, 6.45) is 2.23. The van der Waals surface area contributed by atoms with E-state index in [4.69, 9.17) is 14.2 Å². The number of benzene rings is 2. The van der Waals surface area contributed by atoms with E-state index in [1.54, 1.807) is 43.3 Å². The van der Waals surface area contributed by atoms with E-state index in [-0.39, 0.29) is 23.7 Å². The van der Waals surface area contributed by atoms with Crippen LogP contribution >= 0.6 is 0 Å². The number of allylic oxidation sites excluding steroid dienone is 1. The van der Waals surface area contributed by atoms with Gasteiger partial charge in [-0.05, 0) is 37.6 Å². The van der Waals surface area contributed by atoms with Crippen molar-refractivity contribution >= 4 is 23.8 Å². The van der Waals surface area contributed by atoms with Crippen LogP contribution < -0.4 is 9.47 Å². The molecule has 0 saturated heterocycles. The first kappa shape index (κ1) is 22.7. The number of hydrogen-bond acceptors (Lipinski definition) is 7. The SMILES string of the molecule is CCC/C(O)=C(\C=Nc1ccc(OC(=O)c2ccccc2)cc1OC)C(=O)OCC. The third-order valence-corrected chi connectivity index (χ3v) is 4.00. The van der Waals surface area contributed by atoms with Gasteiger partial charge in [0.15, 0.2) is 0 Å². The molecule has 0 aliphatic carbocycles. The molecule has 1 N–H and O–H groups in total. The Morgan fingerprint density at radius 1 is 1.10 bits per heavy atom. The topological polar surface area (TPSA) is 94.4 Å². The van der Waals surface area contributed by atoms with Crippen LogP contribution in [0.3, 0.4) is 0 Å². The molecule has 2 aromatic rings. The van der Waals surface area contributed by atoms with Crippen LogP contribution in [0.25, 0.3) is 0 Å². The van der Waals surface area contributed by atoms with Crippen LogP contribution in [-0.4, -0.2) is 37.0 Å². The van der Waals surface area contributed by atoms with Crippen molar-refractivity contribution in [1.29, 1.82) is 0 Å². The molecule has 0 aliphatic heterocycles. The molecule has 30 heavy (non-hydrogen) atoms. The Hall–Kier alpha value is -3.61. The van der Waals surface area contributed by atoms with Gasteiger partial charge < -0.3 is 19.3 Å². The van der Waals surface area contributed by atoms with Crippen molar-refractivity contribution in [2.45, 2.75) is 26.7 Å². The van der Waals surface area contributed by atoms with Gasteiger partial charge in [-0.2, -0.15) is 0 Å². The van der Waals surface area contributed by atoms with Gasteiger partial charge in [0.25, 0.3) is 0 Å². The Balaban J connectivity index is 2.25. The lowest BCUT2D eigenvalue weighted by atomic mass is 10.1. The molecule has 0 unspecified atom stereocenters. The second kappa shape index (κ2) is 11.4. The Labute approximate surface area is 175 Å². The van der Waals surface area contributed by atoms with Crippen LogP contribution in [-0.2, 0) is 9.53 Å². The maximum Gasteiger partial charge on any atom is 0.343 e. The highest BCUT2D eigenvalue weighted by Gasteiger charge is 2.15. The van der Waals surface area contributed by atoms with Gasteiger partial charge in [0.1, 0.15) is 28.5 Å².